The summed E-state index contributed by atoms with van der Waals surface area (Å²) in [4.78, 5) is 23.2. The van der Waals surface area contributed by atoms with Crippen molar-refractivity contribution in [1.82, 2.24) is 0 Å². The first-order chi connectivity index (χ1) is 8.58. The summed E-state index contributed by atoms with van der Waals surface area (Å²) in [5.41, 5.74) is 0.623. The molecule has 1 aromatic carbocycles. The fraction of sp³-hybridized carbons (Fsp3) is 0.0833. The number of nitrogens with zero attached hydrogens (tertiary/aromatic N) is 1. The molecule has 0 fully saturated rings. The van der Waals surface area contributed by atoms with Crippen LogP contribution >= 0.6 is 11.6 Å². The first-order valence-electron chi connectivity index (χ1n) is 4.92. The minimum atomic E-state index is -0.842. The molecule has 1 aliphatic heterocycles. The summed E-state index contributed by atoms with van der Waals surface area (Å²) < 4.78 is 4.48. The number of carbonyl (C=O) groups is 2. The highest BCUT2D eigenvalue weighted by molar-refractivity contribution is 6.37. The fourth-order valence-electron chi connectivity index (χ4n) is 1.70. The van der Waals surface area contributed by atoms with Crippen molar-refractivity contribution < 1.29 is 14.3 Å². The topological polar surface area (TPSA) is 79.2 Å². The molecule has 1 heterocycles. The number of fused-ring (bicyclic) bond motifs is 1. The van der Waals surface area contributed by atoms with E-state index < -0.39 is 11.9 Å². The zero-order valence-electron chi connectivity index (χ0n) is 9.28. The van der Waals surface area contributed by atoms with Crippen molar-refractivity contribution in [3.05, 3.63) is 34.4 Å². The maximum atomic E-state index is 11.8. The highest BCUT2D eigenvalue weighted by Crippen LogP contribution is 2.35. The number of nitriles is 1. The van der Waals surface area contributed by atoms with Gasteiger partial charge in [0.15, 0.2) is 5.57 Å². The van der Waals surface area contributed by atoms with E-state index in [1.165, 1.54) is 0 Å². The van der Waals surface area contributed by atoms with E-state index in [2.05, 4.69) is 10.1 Å². The standard InChI is InChI=1S/C12H7ClN2O3/c1-18-12(17)8(5-14)10-7-3-2-6(13)4-9(7)15-11(10)16/h2-4H,1H3,(H,15,16)/b10-8-. The van der Waals surface area contributed by atoms with Crippen molar-refractivity contribution in [3.63, 3.8) is 0 Å². The Labute approximate surface area is 108 Å². The number of methoxy groups -OCH3 is 1. The summed E-state index contributed by atoms with van der Waals surface area (Å²) in [5.74, 6) is -1.36. The summed E-state index contributed by atoms with van der Waals surface area (Å²) in [6.07, 6.45) is 0. The smallest absolute Gasteiger partial charge is 0.349 e. The molecule has 0 bridgehead atoms. The summed E-state index contributed by atoms with van der Waals surface area (Å²) in [5, 5.41) is 12.0. The molecular formula is C12H7ClN2O3. The monoisotopic (exact) mass is 262 g/mol. The first kappa shape index (κ1) is 12.1. The third-order valence-electron chi connectivity index (χ3n) is 2.48. The summed E-state index contributed by atoms with van der Waals surface area (Å²) in [6, 6.07) is 6.39. The molecule has 2 rings (SSSR count). The Kier molecular flexibility index (Phi) is 3.04. The minimum absolute atomic E-state index is 0.0102. The van der Waals surface area contributed by atoms with E-state index in [0.717, 1.165) is 7.11 Å². The minimum Gasteiger partial charge on any atom is -0.465 e. The van der Waals surface area contributed by atoms with Crippen LogP contribution in [0.5, 0.6) is 0 Å². The molecular weight excluding hydrogens is 256 g/mol. The second-order valence-corrected chi connectivity index (χ2v) is 3.93. The average Bonchev–Trinajstić information content (AvgIpc) is 2.66. The molecule has 0 aliphatic carbocycles. The average molecular weight is 263 g/mol. The third-order valence-corrected chi connectivity index (χ3v) is 2.71. The van der Waals surface area contributed by atoms with Gasteiger partial charge in [-0.15, -0.1) is 0 Å². The van der Waals surface area contributed by atoms with Gasteiger partial charge in [-0.3, -0.25) is 4.79 Å². The maximum absolute atomic E-state index is 11.8. The number of hydrogen-bond acceptors (Lipinski definition) is 4. The Morgan fingerprint density at radius 1 is 1.50 bits per heavy atom. The van der Waals surface area contributed by atoms with Gasteiger partial charge >= 0.3 is 5.97 Å². The molecule has 0 spiro atoms. The van der Waals surface area contributed by atoms with Crippen molar-refractivity contribution >= 4 is 34.7 Å². The van der Waals surface area contributed by atoms with Gasteiger partial charge in [-0.1, -0.05) is 17.7 Å². The Bertz CT molecular complexity index is 629. The van der Waals surface area contributed by atoms with Gasteiger partial charge in [0.2, 0.25) is 0 Å². The van der Waals surface area contributed by atoms with Crippen molar-refractivity contribution in [2.24, 2.45) is 0 Å². The van der Waals surface area contributed by atoms with Crippen LogP contribution in [0.4, 0.5) is 5.69 Å². The van der Waals surface area contributed by atoms with Crippen LogP contribution < -0.4 is 5.32 Å². The molecule has 6 heteroatoms. The molecule has 90 valence electrons. The number of anilines is 1. The quantitative estimate of drug-likeness (QED) is 0.475. The van der Waals surface area contributed by atoms with Crippen LogP contribution in [0, 0.1) is 11.3 Å². The van der Waals surface area contributed by atoms with Gasteiger partial charge in [0, 0.05) is 10.6 Å². The highest BCUT2D eigenvalue weighted by atomic mass is 35.5. The Balaban J connectivity index is 2.67. The van der Waals surface area contributed by atoms with Crippen LogP contribution in [0.2, 0.25) is 5.02 Å². The van der Waals surface area contributed by atoms with Crippen molar-refractivity contribution in [2.75, 3.05) is 12.4 Å². The molecule has 0 aromatic heterocycles. The number of rotatable bonds is 1. The van der Waals surface area contributed by atoms with Crippen molar-refractivity contribution in [3.8, 4) is 6.07 Å². The van der Waals surface area contributed by atoms with Gasteiger partial charge < -0.3 is 10.1 Å². The molecule has 1 aliphatic rings. The molecule has 1 aromatic rings. The van der Waals surface area contributed by atoms with E-state index in [4.69, 9.17) is 16.9 Å². The van der Waals surface area contributed by atoms with Gasteiger partial charge in [-0.2, -0.15) is 5.26 Å². The number of halogens is 1. The fourth-order valence-corrected chi connectivity index (χ4v) is 1.87. The van der Waals surface area contributed by atoms with Gasteiger partial charge in [0.1, 0.15) is 6.07 Å². The van der Waals surface area contributed by atoms with Gasteiger partial charge in [0.25, 0.3) is 5.91 Å². The normalized spacial score (nSPS) is 15.5. The van der Waals surface area contributed by atoms with E-state index in [1.54, 1.807) is 24.3 Å². The SMILES string of the molecule is COC(=O)/C(C#N)=C1\C(=O)Nc2cc(Cl)ccc21. The first-order valence-corrected chi connectivity index (χ1v) is 5.30. The van der Waals surface area contributed by atoms with Crippen molar-refractivity contribution in [1.29, 1.82) is 5.26 Å². The lowest BCUT2D eigenvalue weighted by Crippen LogP contribution is -2.11. The molecule has 18 heavy (non-hydrogen) atoms. The van der Waals surface area contributed by atoms with Crippen molar-refractivity contribution in [2.45, 2.75) is 0 Å². The van der Waals surface area contributed by atoms with Crippen LogP contribution in [-0.4, -0.2) is 19.0 Å². The van der Waals surface area contributed by atoms with Crippen LogP contribution in [0.25, 0.3) is 5.57 Å². The Hall–Kier alpha value is -2.32. The number of esters is 1. The number of carbonyl (C=O) groups excluding carboxylic acids is 2. The van der Waals surface area contributed by atoms with E-state index in [1.807, 2.05) is 0 Å². The van der Waals surface area contributed by atoms with E-state index in [0.29, 0.717) is 16.3 Å². The Morgan fingerprint density at radius 2 is 2.22 bits per heavy atom. The largest absolute Gasteiger partial charge is 0.465 e. The number of benzene rings is 1. The molecule has 1 N–H and O–H groups in total. The second kappa shape index (κ2) is 4.51. The molecule has 0 atom stereocenters. The predicted octanol–water partition coefficient (Wildman–Crippen LogP) is 1.74. The summed E-state index contributed by atoms with van der Waals surface area (Å²) in [7, 11) is 1.15. The number of ether oxygens (including phenoxy) is 1. The summed E-state index contributed by atoms with van der Waals surface area (Å²) in [6.45, 7) is 0. The molecule has 1 amide bonds. The van der Waals surface area contributed by atoms with E-state index in [-0.39, 0.29) is 11.1 Å². The number of amides is 1. The van der Waals surface area contributed by atoms with Gasteiger partial charge in [-0.25, -0.2) is 4.79 Å². The lowest BCUT2D eigenvalue weighted by molar-refractivity contribution is -0.135. The van der Waals surface area contributed by atoms with Gasteiger partial charge in [0.05, 0.1) is 18.4 Å². The third kappa shape index (κ3) is 1.83. The molecule has 0 saturated carbocycles. The summed E-state index contributed by atoms with van der Waals surface area (Å²) >= 11 is 5.80. The lowest BCUT2D eigenvalue weighted by Gasteiger charge is -2.01. The number of hydrogen-bond donors (Lipinski definition) is 1. The second-order valence-electron chi connectivity index (χ2n) is 3.50. The van der Waals surface area contributed by atoms with E-state index >= 15 is 0 Å². The molecule has 0 saturated heterocycles. The van der Waals surface area contributed by atoms with E-state index in [9.17, 15) is 9.59 Å². The van der Waals surface area contributed by atoms with Crippen LogP contribution in [0.3, 0.4) is 0 Å². The highest BCUT2D eigenvalue weighted by Gasteiger charge is 2.30. The zero-order valence-corrected chi connectivity index (χ0v) is 10.0. The lowest BCUT2D eigenvalue weighted by atomic mass is 10.0. The molecule has 0 unspecified atom stereocenters. The maximum Gasteiger partial charge on any atom is 0.349 e. The Morgan fingerprint density at radius 3 is 2.83 bits per heavy atom. The van der Waals surface area contributed by atoms with Crippen LogP contribution in [0.15, 0.2) is 23.8 Å². The molecule has 5 nitrogen and oxygen atoms in total. The molecule has 0 radical (unpaired) electrons. The predicted molar refractivity (Wildman–Crippen MR) is 64.6 cm³/mol. The van der Waals surface area contributed by atoms with Crippen LogP contribution in [0.1, 0.15) is 5.56 Å². The number of nitrogens with one attached hydrogen (secondary N) is 1. The van der Waals surface area contributed by atoms with Crippen LogP contribution in [-0.2, 0) is 14.3 Å². The zero-order chi connectivity index (χ0) is 13.3. The van der Waals surface area contributed by atoms with Gasteiger partial charge in [-0.05, 0) is 12.1 Å².